The molecule has 22 heavy (non-hydrogen) atoms. The molecule has 1 atom stereocenters. The minimum absolute atomic E-state index is 0.0151. The lowest BCUT2D eigenvalue weighted by Crippen LogP contribution is -2.33. The molecule has 1 unspecified atom stereocenters. The van der Waals surface area contributed by atoms with Gasteiger partial charge in [0.15, 0.2) is 0 Å². The molecule has 1 fully saturated rings. The number of nitrogens with one attached hydrogen (secondary N) is 1. The summed E-state index contributed by atoms with van der Waals surface area (Å²) in [7, 11) is 1.74. The third-order valence-corrected chi connectivity index (χ3v) is 4.07. The van der Waals surface area contributed by atoms with Crippen LogP contribution in [0.15, 0.2) is 12.4 Å². The van der Waals surface area contributed by atoms with E-state index >= 15 is 0 Å². The molecule has 1 aliphatic rings. The Bertz CT molecular complexity index is 696. The number of anilines is 2. The first-order valence-corrected chi connectivity index (χ1v) is 7.13. The van der Waals surface area contributed by atoms with Gasteiger partial charge >= 0.3 is 6.18 Å². The monoisotopic (exact) mass is 332 g/mol. The van der Waals surface area contributed by atoms with Gasteiger partial charge in [-0.05, 0) is 6.42 Å². The number of aromatic nitrogens is 4. The van der Waals surface area contributed by atoms with Gasteiger partial charge in [-0.3, -0.25) is 9.48 Å². The molecule has 1 saturated heterocycles. The van der Waals surface area contributed by atoms with Gasteiger partial charge in [0.25, 0.3) is 0 Å². The summed E-state index contributed by atoms with van der Waals surface area (Å²) < 4.78 is 39.0. The Morgan fingerprint density at radius 3 is 2.77 bits per heavy atom. The third-order valence-electron chi connectivity index (χ3n) is 3.17. The molecule has 11 heteroatoms. The fraction of sp³-hybridized carbons (Fsp3) is 0.455. The predicted octanol–water partition coefficient (Wildman–Crippen LogP) is 1.51. The summed E-state index contributed by atoms with van der Waals surface area (Å²) in [5, 5.41) is 12.2. The fourth-order valence-electron chi connectivity index (χ4n) is 2.16. The number of rotatable bonds is 3. The normalized spacial score (nSPS) is 19.0. The van der Waals surface area contributed by atoms with Crippen LogP contribution in [-0.2, 0) is 18.0 Å². The zero-order valence-corrected chi connectivity index (χ0v) is 12.1. The number of alkyl halides is 3. The smallest absolute Gasteiger partial charge is 0.348 e. The van der Waals surface area contributed by atoms with Crippen LogP contribution in [0.1, 0.15) is 11.4 Å². The van der Waals surface area contributed by atoms with Crippen molar-refractivity contribution in [2.75, 3.05) is 16.8 Å². The number of nitrogens with zero attached hydrogens (tertiary/aromatic N) is 5. The Labute approximate surface area is 126 Å². The van der Waals surface area contributed by atoms with Gasteiger partial charge in [0, 0.05) is 19.8 Å². The highest BCUT2D eigenvalue weighted by Crippen LogP contribution is 2.33. The lowest BCUT2D eigenvalue weighted by molar-refractivity contribution is -0.138. The van der Waals surface area contributed by atoms with Crippen LogP contribution in [0.3, 0.4) is 0 Å². The molecule has 2 aromatic rings. The topological polar surface area (TPSA) is 75.9 Å². The number of halogens is 3. The SMILES string of the molecule is Cn1cc(N2CCC(Nc3nnc(C(F)(F)F)s3)C2=O)cn1. The van der Waals surface area contributed by atoms with Crippen molar-refractivity contribution in [1.82, 2.24) is 20.0 Å². The lowest BCUT2D eigenvalue weighted by Gasteiger charge is -2.14. The van der Waals surface area contributed by atoms with E-state index in [1.807, 2.05) is 0 Å². The van der Waals surface area contributed by atoms with Gasteiger partial charge in [0.2, 0.25) is 16.0 Å². The second-order valence-electron chi connectivity index (χ2n) is 4.76. The highest BCUT2D eigenvalue weighted by atomic mass is 32.1. The summed E-state index contributed by atoms with van der Waals surface area (Å²) in [4.78, 5) is 13.8. The predicted molar refractivity (Wildman–Crippen MR) is 72.5 cm³/mol. The van der Waals surface area contributed by atoms with Gasteiger partial charge < -0.3 is 10.2 Å². The van der Waals surface area contributed by atoms with Gasteiger partial charge in [-0.25, -0.2) is 0 Å². The van der Waals surface area contributed by atoms with E-state index in [0.717, 1.165) is 0 Å². The quantitative estimate of drug-likeness (QED) is 0.922. The molecule has 118 valence electrons. The highest BCUT2D eigenvalue weighted by Gasteiger charge is 2.37. The molecule has 2 aromatic heterocycles. The van der Waals surface area contributed by atoms with Crippen LogP contribution in [0, 0.1) is 0 Å². The fourth-order valence-corrected chi connectivity index (χ4v) is 2.83. The molecule has 0 saturated carbocycles. The van der Waals surface area contributed by atoms with Crippen LogP contribution in [0.2, 0.25) is 0 Å². The average Bonchev–Trinajstić information content (AvgIpc) is 3.12. The standard InChI is InChI=1S/C11H11F3N6OS/c1-19-5-6(4-15-19)20-3-2-7(8(20)21)16-10-18-17-9(22-10)11(12,13)14/h4-5,7H,2-3H2,1H3,(H,16,18). The van der Waals surface area contributed by atoms with E-state index < -0.39 is 17.2 Å². The van der Waals surface area contributed by atoms with Crippen molar-refractivity contribution in [2.45, 2.75) is 18.6 Å². The van der Waals surface area contributed by atoms with E-state index in [0.29, 0.717) is 30.0 Å². The van der Waals surface area contributed by atoms with Crippen molar-refractivity contribution in [3.05, 3.63) is 17.4 Å². The molecular weight excluding hydrogens is 321 g/mol. The number of carbonyl (C=O) groups excluding carboxylic acids is 1. The summed E-state index contributed by atoms with van der Waals surface area (Å²) in [6.45, 7) is 0.465. The summed E-state index contributed by atoms with van der Waals surface area (Å²) in [6, 6.07) is -0.616. The first-order chi connectivity index (χ1) is 10.3. The van der Waals surface area contributed by atoms with Gasteiger partial charge in [0.1, 0.15) is 6.04 Å². The molecule has 0 spiro atoms. The van der Waals surface area contributed by atoms with Crippen molar-refractivity contribution in [3.63, 3.8) is 0 Å². The molecular formula is C11H11F3N6OS. The van der Waals surface area contributed by atoms with Crippen molar-refractivity contribution >= 4 is 28.1 Å². The van der Waals surface area contributed by atoms with Gasteiger partial charge in [-0.1, -0.05) is 11.3 Å². The Hall–Kier alpha value is -2.17. The van der Waals surface area contributed by atoms with Gasteiger partial charge in [-0.15, -0.1) is 10.2 Å². The zero-order valence-electron chi connectivity index (χ0n) is 11.3. The Kier molecular flexibility index (Phi) is 3.51. The van der Waals surface area contributed by atoms with E-state index in [1.165, 1.54) is 4.90 Å². The van der Waals surface area contributed by atoms with Crippen LogP contribution in [0.25, 0.3) is 0 Å². The Balaban J connectivity index is 1.69. The van der Waals surface area contributed by atoms with Crippen LogP contribution < -0.4 is 10.2 Å². The maximum Gasteiger partial charge on any atom is 0.445 e. The molecule has 3 heterocycles. The van der Waals surface area contributed by atoms with Crippen LogP contribution in [-0.4, -0.2) is 38.5 Å². The molecule has 1 amide bonds. The maximum atomic E-state index is 12.5. The number of carbonyl (C=O) groups is 1. The molecule has 0 aromatic carbocycles. The largest absolute Gasteiger partial charge is 0.445 e. The Morgan fingerprint density at radius 1 is 1.41 bits per heavy atom. The van der Waals surface area contributed by atoms with Crippen LogP contribution in [0.4, 0.5) is 24.0 Å². The minimum Gasteiger partial charge on any atom is -0.348 e. The van der Waals surface area contributed by atoms with Crippen LogP contribution in [0.5, 0.6) is 0 Å². The second kappa shape index (κ2) is 5.23. The van der Waals surface area contributed by atoms with Crippen LogP contribution >= 0.6 is 11.3 Å². The number of hydrogen-bond donors (Lipinski definition) is 1. The number of amides is 1. The highest BCUT2D eigenvalue weighted by molar-refractivity contribution is 7.15. The van der Waals surface area contributed by atoms with E-state index in [2.05, 4.69) is 20.6 Å². The summed E-state index contributed by atoms with van der Waals surface area (Å²) in [6.07, 6.45) is -0.798. The van der Waals surface area contributed by atoms with Crippen molar-refractivity contribution < 1.29 is 18.0 Å². The summed E-state index contributed by atoms with van der Waals surface area (Å²) in [5.41, 5.74) is 0.657. The Morgan fingerprint density at radius 2 is 2.18 bits per heavy atom. The maximum absolute atomic E-state index is 12.5. The second-order valence-corrected chi connectivity index (χ2v) is 5.74. The average molecular weight is 332 g/mol. The molecule has 7 nitrogen and oxygen atoms in total. The van der Waals surface area contributed by atoms with E-state index in [4.69, 9.17) is 0 Å². The van der Waals surface area contributed by atoms with Crippen molar-refractivity contribution in [3.8, 4) is 0 Å². The summed E-state index contributed by atoms with van der Waals surface area (Å²) in [5.74, 6) is -0.225. The molecule has 0 bridgehead atoms. The van der Waals surface area contributed by atoms with Gasteiger partial charge in [0.05, 0.1) is 11.9 Å². The first-order valence-electron chi connectivity index (χ1n) is 6.32. The molecule has 1 aliphatic heterocycles. The molecule has 1 N–H and O–H groups in total. The van der Waals surface area contributed by atoms with E-state index in [9.17, 15) is 18.0 Å². The number of aryl methyl sites for hydroxylation is 1. The zero-order chi connectivity index (χ0) is 15.9. The van der Waals surface area contributed by atoms with E-state index in [1.54, 1.807) is 24.1 Å². The third kappa shape index (κ3) is 2.75. The lowest BCUT2D eigenvalue weighted by atomic mass is 10.2. The number of hydrogen-bond acceptors (Lipinski definition) is 6. The van der Waals surface area contributed by atoms with Crippen molar-refractivity contribution in [1.29, 1.82) is 0 Å². The molecule has 3 rings (SSSR count). The molecule has 0 aliphatic carbocycles. The summed E-state index contributed by atoms with van der Waals surface area (Å²) >= 11 is 0.384. The first kappa shape index (κ1) is 14.8. The van der Waals surface area contributed by atoms with Gasteiger partial charge in [-0.2, -0.15) is 18.3 Å². The van der Waals surface area contributed by atoms with E-state index in [-0.39, 0.29) is 11.0 Å². The minimum atomic E-state index is -4.53. The van der Waals surface area contributed by atoms with Crippen molar-refractivity contribution in [2.24, 2.45) is 7.05 Å². The molecule has 0 radical (unpaired) electrons.